The third-order valence-corrected chi connectivity index (χ3v) is 18.7. The molecule has 5 nitrogen and oxygen atoms in total. The fraction of sp³-hybridized carbons (Fsp3) is 0.938. The molecule has 2 saturated heterocycles. The minimum absolute atomic E-state index is 0.00604. The quantitative estimate of drug-likeness (QED) is 0.180. The van der Waals surface area contributed by atoms with E-state index in [4.69, 9.17) is 29.5 Å². The standard InChI is InChI=1S/C32H62O5Si2/c1-15-24(2)29-23-27(35-32(9,10)36-29)22-28(37-39(13,14)31(6,7)8)21-26-18-16-17-25(34-26)19-20-33-38(11,12)30(3,4)5/h1,24-29H,16-23H2,2-14H3/t24-,25+,26-,27-,28+,29+/m0/s1. The summed E-state index contributed by atoms with van der Waals surface area (Å²) in [5.74, 6) is 2.27. The Balaban J connectivity index is 2.10. The molecule has 0 spiro atoms. The SMILES string of the molecule is C#C[C@H](C)[C@H]1C[C@H](C[C@@H](C[C@@H]2CCC[C@H](CCO[Si](C)(C)C(C)(C)C)O2)O[Si](C)(C)C(C)(C)C)OC(C)(C)O1. The molecule has 2 aliphatic rings. The van der Waals surface area contributed by atoms with Crippen molar-refractivity contribution >= 4 is 16.6 Å². The van der Waals surface area contributed by atoms with E-state index in [-0.39, 0.29) is 46.5 Å². The van der Waals surface area contributed by atoms with Crippen LogP contribution in [-0.4, -0.2) is 59.5 Å². The van der Waals surface area contributed by atoms with Gasteiger partial charge in [0.25, 0.3) is 0 Å². The Morgan fingerprint density at radius 1 is 0.897 bits per heavy atom. The Kier molecular flexibility index (Phi) is 12.0. The first-order chi connectivity index (χ1) is 17.7. The Bertz CT molecular complexity index is 805. The second-order valence-corrected chi connectivity index (χ2v) is 25.2. The van der Waals surface area contributed by atoms with E-state index in [0.717, 1.165) is 45.1 Å². The number of terminal acetylenes is 1. The van der Waals surface area contributed by atoms with Crippen LogP contribution in [0.3, 0.4) is 0 Å². The summed E-state index contributed by atoms with van der Waals surface area (Å²) < 4.78 is 32.9. The Hall–Kier alpha value is -0.206. The van der Waals surface area contributed by atoms with Gasteiger partial charge in [-0.25, -0.2) is 0 Å². The minimum atomic E-state index is -1.99. The van der Waals surface area contributed by atoms with Gasteiger partial charge in [-0.05, 0) is 95.6 Å². The maximum Gasteiger partial charge on any atom is 0.192 e. The summed E-state index contributed by atoms with van der Waals surface area (Å²) in [7, 11) is -3.72. The van der Waals surface area contributed by atoms with Gasteiger partial charge >= 0.3 is 0 Å². The molecule has 0 aromatic heterocycles. The van der Waals surface area contributed by atoms with Crippen LogP contribution in [0.1, 0.15) is 107 Å². The van der Waals surface area contributed by atoms with Crippen molar-refractivity contribution in [2.75, 3.05) is 6.61 Å². The van der Waals surface area contributed by atoms with Crippen molar-refractivity contribution in [1.29, 1.82) is 0 Å². The summed E-state index contributed by atoms with van der Waals surface area (Å²) in [6.45, 7) is 30.0. The van der Waals surface area contributed by atoms with Crippen LogP contribution < -0.4 is 0 Å². The first-order valence-electron chi connectivity index (χ1n) is 15.4. The maximum atomic E-state index is 7.08. The lowest BCUT2D eigenvalue weighted by Gasteiger charge is -2.45. The summed E-state index contributed by atoms with van der Waals surface area (Å²) in [6.07, 6.45) is 13.3. The fourth-order valence-corrected chi connectivity index (χ4v) is 7.55. The number of rotatable bonds is 11. The lowest BCUT2D eigenvalue weighted by Crippen LogP contribution is -2.50. The van der Waals surface area contributed by atoms with Gasteiger partial charge in [0.1, 0.15) is 0 Å². The van der Waals surface area contributed by atoms with Gasteiger partial charge in [-0.15, -0.1) is 12.3 Å². The summed E-state index contributed by atoms with van der Waals surface area (Å²) >= 11 is 0. The van der Waals surface area contributed by atoms with Crippen molar-refractivity contribution in [3.05, 3.63) is 0 Å². The molecule has 0 saturated carbocycles. The molecule has 2 aliphatic heterocycles. The lowest BCUT2D eigenvalue weighted by atomic mass is 9.92. The van der Waals surface area contributed by atoms with Crippen LogP contribution in [0.15, 0.2) is 0 Å². The van der Waals surface area contributed by atoms with E-state index in [1.807, 2.05) is 13.8 Å². The molecule has 7 heteroatoms. The first-order valence-corrected chi connectivity index (χ1v) is 21.3. The molecular weight excluding hydrogens is 521 g/mol. The Morgan fingerprint density at radius 3 is 2.03 bits per heavy atom. The number of ether oxygens (including phenoxy) is 3. The molecule has 2 rings (SSSR count). The highest BCUT2D eigenvalue weighted by atomic mass is 28.4. The van der Waals surface area contributed by atoms with E-state index in [9.17, 15) is 0 Å². The Morgan fingerprint density at radius 2 is 1.46 bits per heavy atom. The van der Waals surface area contributed by atoms with Gasteiger partial charge in [-0.3, -0.25) is 0 Å². The molecule has 0 amide bonds. The van der Waals surface area contributed by atoms with Crippen molar-refractivity contribution in [1.82, 2.24) is 0 Å². The number of hydrogen-bond donors (Lipinski definition) is 0. The van der Waals surface area contributed by atoms with Crippen molar-refractivity contribution < 1.29 is 23.1 Å². The zero-order valence-corrected chi connectivity index (χ0v) is 29.7. The fourth-order valence-electron chi connectivity index (χ4n) is 5.11. The second kappa shape index (κ2) is 13.4. The predicted octanol–water partition coefficient (Wildman–Crippen LogP) is 8.69. The molecule has 2 heterocycles. The zero-order valence-electron chi connectivity index (χ0n) is 27.7. The smallest absolute Gasteiger partial charge is 0.192 e. The molecule has 39 heavy (non-hydrogen) atoms. The molecular formula is C32H62O5Si2. The molecule has 0 unspecified atom stereocenters. The largest absolute Gasteiger partial charge is 0.417 e. The molecule has 228 valence electrons. The molecule has 0 radical (unpaired) electrons. The molecule has 0 aromatic carbocycles. The highest BCUT2D eigenvalue weighted by molar-refractivity contribution is 6.74. The van der Waals surface area contributed by atoms with Crippen LogP contribution in [0.5, 0.6) is 0 Å². The van der Waals surface area contributed by atoms with Gasteiger partial charge in [0.15, 0.2) is 22.4 Å². The molecule has 6 atom stereocenters. The summed E-state index contributed by atoms with van der Waals surface area (Å²) in [4.78, 5) is 0. The van der Waals surface area contributed by atoms with Gasteiger partial charge in [0.05, 0.1) is 24.4 Å². The third-order valence-electron chi connectivity index (χ3n) is 9.67. The average molecular weight is 583 g/mol. The van der Waals surface area contributed by atoms with E-state index in [0.29, 0.717) is 0 Å². The topological polar surface area (TPSA) is 46.2 Å². The number of hydrogen-bond acceptors (Lipinski definition) is 5. The predicted molar refractivity (Wildman–Crippen MR) is 168 cm³/mol. The highest BCUT2D eigenvalue weighted by Crippen LogP contribution is 2.41. The molecule has 2 fully saturated rings. The molecule has 0 aromatic rings. The average Bonchev–Trinajstić information content (AvgIpc) is 2.75. The van der Waals surface area contributed by atoms with Crippen molar-refractivity contribution in [2.45, 2.75) is 180 Å². The van der Waals surface area contributed by atoms with Gasteiger partial charge in [0, 0.05) is 25.0 Å². The molecule has 0 bridgehead atoms. The van der Waals surface area contributed by atoms with Gasteiger partial charge in [-0.1, -0.05) is 41.5 Å². The summed E-state index contributed by atoms with van der Waals surface area (Å²) in [5, 5.41) is 0.369. The van der Waals surface area contributed by atoms with E-state index in [1.165, 1.54) is 6.42 Å². The van der Waals surface area contributed by atoms with Crippen LogP contribution in [0, 0.1) is 18.3 Å². The minimum Gasteiger partial charge on any atom is -0.417 e. The summed E-state index contributed by atoms with van der Waals surface area (Å²) in [5.41, 5.74) is 0. The zero-order chi connectivity index (χ0) is 29.9. The normalized spacial score (nSPS) is 28.5. The second-order valence-electron chi connectivity index (χ2n) is 15.7. The molecule has 0 aliphatic carbocycles. The van der Waals surface area contributed by atoms with E-state index >= 15 is 0 Å². The first kappa shape index (κ1) is 35.0. The summed E-state index contributed by atoms with van der Waals surface area (Å²) in [6, 6.07) is 0. The van der Waals surface area contributed by atoms with Crippen LogP contribution >= 0.6 is 0 Å². The van der Waals surface area contributed by atoms with Gasteiger partial charge < -0.3 is 23.1 Å². The van der Waals surface area contributed by atoms with Crippen molar-refractivity contribution in [3.63, 3.8) is 0 Å². The van der Waals surface area contributed by atoms with Crippen LogP contribution in [0.4, 0.5) is 0 Å². The van der Waals surface area contributed by atoms with Crippen LogP contribution in [0.2, 0.25) is 36.3 Å². The van der Waals surface area contributed by atoms with Crippen LogP contribution in [-0.2, 0) is 23.1 Å². The van der Waals surface area contributed by atoms with Crippen molar-refractivity contribution in [2.24, 2.45) is 5.92 Å². The van der Waals surface area contributed by atoms with Gasteiger partial charge in [-0.2, -0.15) is 0 Å². The lowest BCUT2D eigenvalue weighted by molar-refractivity contribution is -0.307. The van der Waals surface area contributed by atoms with Gasteiger partial charge in [0.2, 0.25) is 0 Å². The highest BCUT2D eigenvalue weighted by Gasteiger charge is 2.43. The maximum absolute atomic E-state index is 7.08. The van der Waals surface area contributed by atoms with E-state index in [1.54, 1.807) is 0 Å². The van der Waals surface area contributed by atoms with Crippen molar-refractivity contribution in [3.8, 4) is 12.3 Å². The third kappa shape index (κ3) is 10.5. The van der Waals surface area contributed by atoms with E-state index in [2.05, 4.69) is 80.6 Å². The van der Waals surface area contributed by atoms with E-state index < -0.39 is 22.4 Å². The Labute approximate surface area is 244 Å². The monoisotopic (exact) mass is 582 g/mol. The molecule has 0 N–H and O–H groups in total. The van der Waals surface area contributed by atoms with Crippen LogP contribution in [0.25, 0.3) is 0 Å².